The molecule has 3 nitrogen and oxygen atoms in total. The molecule has 2 heterocycles. The molecule has 0 aliphatic heterocycles. The summed E-state index contributed by atoms with van der Waals surface area (Å²) in [5.74, 6) is 0.807. The first kappa shape index (κ1) is 13.5. The lowest BCUT2D eigenvalue weighted by molar-refractivity contribution is 1.15. The number of rotatable bonds is 3. The third-order valence-electron chi connectivity index (χ3n) is 3.00. The van der Waals surface area contributed by atoms with Gasteiger partial charge in [0.1, 0.15) is 5.65 Å². The van der Waals surface area contributed by atoms with Crippen LogP contribution in [-0.4, -0.2) is 9.38 Å². The molecule has 20 heavy (non-hydrogen) atoms. The van der Waals surface area contributed by atoms with Crippen LogP contribution in [0.2, 0.25) is 0 Å². The molecule has 0 radical (unpaired) electrons. The summed E-state index contributed by atoms with van der Waals surface area (Å²) in [6.07, 6.45) is 4.16. The molecule has 0 fully saturated rings. The summed E-state index contributed by atoms with van der Waals surface area (Å²) < 4.78 is 3.11. The van der Waals surface area contributed by atoms with E-state index in [2.05, 4.69) is 50.7 Å². The van der Waals surface area contributed by atoms with Crippen LogP contribution >= 0.6 is 27.7 Å². The van der Waals surface area contributed by atoms with Gasteiger partial charge in [-0.25, -0.2) is 4.98 Å². The number of nitrogen functional groups attached to an aromatic ring is 1. The van der Waals surface area contributed by atoms with Crippen molar-refractivity contribution in [2.24, 2.45) is 0 Å². The van der Waals surface area contributed by atoms with Gasteiger partial charge in [-0.2, -0.15) is 0 Å². The Labute approximate surface area is 130 Å². The molecular weight excluding hydrogens is 334 g/mol. The summed E-state index contributed by atoms with van der Waals surface area (Å²) in [5, 5.41) is 0. The quantitative estimate of drug-likeness (QED) is 0.568. The van der Waals surface area contributed by atoms with Crippen LogP contribution in [0, 0.1) is 6.92 Å². The standard InChI is InChI=1S/C15H14BrN3S/c1-10-2-5-15-18-12(8-19(15)7-10)9-20-14-6-11(16)3-4-13(14)17/h2-8H,9,17H2,1H3. The van der Waals surface area contributed by atoms with Crippen molar-refractivity contribution in [3.05, 3.63) is 58.5 Å². The van der Waals surface area contributed by atoms with E-state index in [1.807, 2.05) is 24.3 Å². The Morgan fingerprint density at radius 1 is 1.25 bits per heavy atom. The minimum atomic E-state index is 0.804. The van der Waals surface area contributed by atoms with Gasteiger partial charge in [-0.3, -0.25) is 0 Å². The highest BCUT2D eigenvalue weighted by Crippen LogP contribution is 2.30. The molecule has 0 amide bonds. The third-order valence-corrected chi connectivity index (χ3v) is 4.60. The Bertz CT molecular complexity index is 767. The first-order chi connectivity index (χ1) is 9.61. The first-order valence-corrected chi connectivity index (χ1v) is 8.02. The summed E-state index contributed by atoms with van der Waals surface area (Å²) in [6, 6.07) is 10.0. The molecular formula is C15H14BrN3S. The van der Waals surface area contributed by atoms with E-state index in [9.17, 15) is 0 Å². The number of anilines is 1. The number of aryl methyl sites for hydroxylation is 1. The highest BCUT2D eigenvalue weighted by molar-refractivity contribution is 9.10. The van der Waals surface area contributed by atoms with E-state index in [0.29, 0.717) is 0 Å². The minimum Gasteiger partial charge on any atom is -0.398 e. The number of hydrogen-bond acceptors (Lipinski definition) is 3. The Morgan fingerprint density at radius 3 is 2.95 bits per heavy atom. The molecule has 0 aliphatic rings. The monoisotopic (exact) mass is 347 g/mol. The normalized spacial score (nSPS) is 11.1. The molecule has 0 bridgehead atoms. The van der Waals surface area contributed by atoms with Crippen LogP contribution < -0.4 is 5.73 Å². The third kappa shape index (κ3) is 2.83. The molecule has 1 aromatic carbocycles. The maximum atomic E-state index is 5.98. The number of benzene rings is 1. The largest absolute Gasteiger partial charge is 0.398 e. The van der Waals surface area contributed by atoms with Gasteiger partial charge in [0.25, 0.3) is 0 Å². The highest BCUT2D eigenvalue weighted by Gasteiger charge is 2.05. The molecule has 3 aromatic rings. The van der Waals surface area contributed by atoms with E-state index < -0.39 is 0 Å². The van der Waals surface area contributed by atoms with Crippen molar-refractivity contribution in [2.45, 2.75) is 17.6 Å². The van der Waals surface area contributed by atoms with Crippen LogP contribution in [0.5, 0.6) is 0 Å². The Morgan fingerprint density at radius 2 is 2.10 bits per heavy atom. The van der Waals surface area contributed by atoms with E-state index in [1.165, 1.54) is 5.56 Å². The summed E-state index contributed by atoms with van der Waals surface area (Å²) >= 11 is 5.17. The van der Waals surface area contributed by atoms with Crippen LogP contribution in [0.25, 0.3) is 5.65 Å². The summed E-state index contributed by atoms with van der Waals surface area (Å²) in [7, 11) is 0. The van der Waals surface area contributed by atoms with E-state index in [4.69, 9.17) is 5.73 Å². The number of fused-ring (bicyclic) bond motifs is 1. The molecule has 2 aromatic heterocycles. The Balaban J connectivity index is 1.81. The zero-order valence-electron chi connectivity index (χ0n) is 11.0. The van der Waals surface area contributed by atoms with Crippen molar-refractivity contribution in [1.29, 1.82) is 0 Å². The first-order valence-electron chi connectivity index (χ1n) is 6.24. The van der Waals surface area contributed by atoms with Crippen molar-refractivity contribution in [3.63, 3.8) is 0 Å². The van der Waals surface area contributed by atoms with Gasteiger partial charge in [-0.15, -0.1) is 11.8 Å². The molecule has 0 aliphatic carbocycles. The maximum absolute atomic E-state index is 5.98. The van der Waals surface area contributed by atoms with Crippen molar-refractivity contribution >= 4 is 39.0 Å². The number of nitrogens with zero attached hydrogens (tertiary/aromatic N) is 2. The van der Waals surface area contributed by atoms with Crippen LogP contribution in [0.3, 0.4) is 0 Å². The lowest BCUT2D eigenvalue weighted by Gasteiger charge is -2.04. The number of aromatic nitrogens is 2. The predicted octanol–water partition coefficient (Wildman–Crippen LogP) is 4.28. The van der Waals surface area contributed by atoms with E-state index in [1.54, 1.807) is 11.8 Å². The van der Waals surface area contributed by atoms with Crippen molar-refractivity contribution < 1.29 is 0 Å². The lowest BCUT2D eigenvalue weighted by Crippen LogP contribution is -1.89. The number of thioether (sulfide) groups is 1. The number of nitrogens with two attached hydrogens (primary N) is 1. The van der Waals surface area contributed by atoms with Gasteiger partial charge >= 0.3 is 0 Å². The minimum absolute atomic E-state index is 0.804. The van der Waals surface area contributed by atoms with Crippen LogP contribution in [0.1, 0.15) is 11.3 Å². The molecule has 0 unspecified atom stereocenters. The summed E-state index contributed by atoms with van der Waals surface area (Å²) in [4.78, 5) is 5.69. The fraction of sp³-hybridized carbons (Fsp3) is 0.133. The van der Waals surface area contributed by atoms with E-state index >= 15 is 0 Å². The number of imidazole rings is 1. The zero-order chi connectivity index (χ0) is 14.1. The molecule has 0 spiro atoms. The van der Waals surface area contributed by atoms with Gasteiger partial charge in [0.05, 0.1) is 5.69 Å². The molecule has 102 valence electrons. The zero-order valence-corrected chi connectivity index (χ0v) is 13.4. The summed E-state index contributed by atoms with van der Waals surface area (Å²) in [6.45, 7) is 2.08. The van der Waals surface area contributed by atoms with Crippen LogP contribution in [0.15, 0.2) is 52.1 Å². The van der Waals surface area contributed by atoms with E-state index in [0.717, 1.165) is 32.1 Å². The van der Waals surface area contributed by atoms with Crippen molar-refractivity contribution in [3.8, 4) is 0 Å². The molecule has 2 N–H and O–H groups in total. The molecule has 0 saturated heterocycles. The van der Waals surface area contributed by atoms with Gasteiger partial charge < -0.3 is 10.1 Å². The second-order valence-corrected chi connectivity index (χ2v) is 6.61. The second-order valence-electron chi connectivity index (χ2n) is 4.67. The van der Waals surface area contributed by atoms with Crippen molar-refractivity contribution in [1.82, 2.24) is 9.38 Å². The highest BCUT2D eigenvalue weighted by atomic mass is 79.9. The average Bonchev–Trinajstić information content (AvgIpc) is 2.81. The fourth-order valence-corrected chi connectivity index (χ4v) is 3.41. The second kappa shape index (κ2) is 5.50. The SMILES string of the molecule is Cc1ccc2nc(CSc3cc(Br)ccc3N)cn2c1. The van der Waals surface area contributed by atoms with Gasteiger partial charge in [0, 0.05) is 33.2 Å². The lowest BCUT2D eigenvalue weighted by atomic mass is 10.3. The number of halogens is 1. The predicted molar refractivity (Wildman–Crippen MR) is 88.0 cm³/mol. The van der Waals surface area contributed by atoms with Crippen LogP contribution in [0.4, 0.5) is 5.69 Å². The molecule has 3 rings (SSSR count). The van der Waals surface area contributed by atoms with Gasteiger partial charge in [-0.1, -0.05) is 22.0 Å². The molecule has 0 atom stereocenters. The number of hydrogen-bond donors (Lipinski definition) is 1. The fourth-order valence-electron chi connectivity index (χ4n) is 2.01. The van der Waals surface area contributed by atoms with Gasteiger partial charge in [0.2, 0.25) is 0 Å². The topological polar surface area (TPSA) is 43.3 Å². The Hall–Kier alpha value is -1.46. The van der Waals surface area contributed by atoms with Gasteiger partial charge in [0.15, 0.2) is 0 Å². The molecule has 5 heteroatoms. The number of pyridine rings is 1. The summed E-state index contributed by atoms with van der Waals surface area (Å²) in [5.41, 5.74) is 10.0. The molecule has 0 saturated carbocycles. The van der Waals surface area contributed by atoms with E-state index in [-0.39, 0.29) is 0 Å². The van der Waals surface area contributed by atoms with Crippen LogP contribution in [-0.2, 0) is 5.75 Å². The smallest absolute Gasteiger partial charge is 0.137 e. The van der Waals surface area contributed by atoms with Crippen molar-refractivity contribution in [2.75, 3.05) is 5.73 Å². The Kier molecular flexibility index (Phi) is 3.72. The average molecular weight is 348 g/mol. The van der Waals surface area contributed by atoms with Gasteiger partial charge in [-0.05, 0) is 36.8 Å². The maximum Gasteiger partial charge on any atom is 0.137 e.